The van der Waals surface area contributed by atoms with Crippen LogP contribution < -0.4 is 0 Å². The van der Waals surface area contributed by atoms with E-state index in [-0.39, 0.29) is 5.82 Å². The van der Waals surface area contributed by atoms with Gasteiger partial charge in [0.2, 0.25) is 0 Å². The molecule has 0 radical (unpaired) electrons. The molecule has 1 saturated heterocycles. The summed E-state index contributed by atoms with van der Waals surface area (Å²) in [5, 5.41) is 7.72. The van der Waals surface area contributed by atoms with Crippen LogP contribution >= 0.6 is 0 Å². The highest BCUT2D eigenvalue weighted by atomic mass is 19.1. The number of fused-ring (bicyclic) bond motifs is 1. The lowest BCUT2D eigenvalue weighted by molar-refractivity contribution is 0.0948. The average molecular weight is 391 g/mol. The number of likely N-dealkylation sites (tertiary alicyclic amines) is 1. The quantitative estimate of drug-likeness (QED) is 0.724. The number of halogens is 1. The first-order chi connectivity index (χ1) is 14.3. The van der Waals surface area contributed by atoms with Gasteiger partial charge in [-0.15, -0.1) is 0 Å². The van der Waals surface area contributed by atoms with E-state index in [2.05, 4.69) is 50.3 Å². The summed E-state index contributed by atoms with van der Waals surface area (Å²) in [4.78, 5) is 5.18. The van der Waals surface area contributed by atoms with E-state index in [4.69, 9.17) is 0 Å². The van der Waals surface area contributed by atoms with E-state index in [1.54, 1.807) is 12.1 Å². The Hall–Kier alpha value is -2.50. The minimum Gasteiger partial charge on any atom is -0.299 e. The molecular weight excluding hydrogens is 363 g/mol. The summed E-state index contributed by atoms with van der Waals surface area (Å²) < 4.78 is 13.7. The third-order valence-corrected chi connectivity index (χ3v) is 6.38. The summed E-state index contributed by atoms with van der Waals surface area (Å²) in [6.07, 6.45) is 3.40. The fourth-order valence-electron chi connectivity index (χ4n) is 4.79. The third-order valence-electron chi connectivity index (χ3n) is 6.38. The van der Waals surface area contributed by atoms with Gasteiger partial charge in [-0.1, -0.05) is 42.5 Å². The molecule has 0 amide bonds. The molecule has 3 heterocycles. The first-order valence-corrected chi connectivity index (χ1v) is 10.6. The van der Waals surface area contributed by atoms with Gasteiger partial charge in [-0.05, 0) is 43.6 Å². The molecule has 1 fully saturated rings. The number of aromatic nitrogens is 2. The minimum absolute atomic E-state index is 0.210. The van der Waals surface area contributed by atoms with Crippen molar-refractivity contribution < 1.29 is 4.39 Å². The van der Waals surface area contributed by atoms with Crippen LogP contribution in [0.1, 0.15) is 29.7 Å². The number of nitrogens with zero attached hydrogens (tertiary/aromatic N) is 3. The lowest BCUT2D eigenvalue weighted by Gasteiger charge is -2.40. The SMILES string of the molecule is Fc1cccc(-c2n[nH]c3c2CN(C2CCN(Cc4ccccc4)CC2)CC3)c1. The van der Waals surface area contributed by atoms with Crippen molar-refractivity contribution in [3.05, 3.63) is 77.2 Å². The molecular formula is C24H27FN4. The van der Waals surface area contributed by atoms with Crippen molar-refractivity contribution in [2.24, 2.45) is 0 Å². The van der Waals surface area contributed by atoms with Gasteiger partial charge in [0.1, 0.15) is 5.82 Å². The van der Waals surface area contributed by atoms with Gasteiger partial charge < -0.3 is 0 Å². The van der Waals surface area contributed by atoms with E-state index in [1.165, 1.54) is 35.7 Å². The van der Waals surface area contributed by atoms with Crippen LogP contribution in [0.2, 0.25) is 0 Å². The standard InChI is InChI=1S/C24H27FN4/c25-20-8-4-7-19(15-20)24-22-17-29(14-11-23(22)26-27-24)21-9-12-28(13-10-21)16-18-5-2-1-3-6-18/h1-8,15,21H,9-14,16-17H2,(H,26,27). The predicted molar refractivity (Wildman–Crippen MR) is 113 cm³/mol. The number of piperidine rings is 1. The highest BCUT2D eigenvalue weighted by molar-refractivity contribution is 5.64. The van der Waals surface area contributed by atoms with Gasteiger partial charge in [0.05, 0.1) is 5.69 Å². The molecule has 5 heteroatoms. The zero-order valence-electron chi connectivity index (χ0n) is 16.6. The number of benzene rings is 2. The van der Waals surface area contributed by atoms with Crippen LogP contribution in [0, 0.1) is 5.82 Å². The molecule has 5 rings (SSSR count). The number of hydrogen-bond donors (Lipinski definition) is 1. The molecule has 150 valence electrons. The van der Waals surface area contributed by atoms with Crippen molar-refractivity contribution in [1.82, 2.24) is 20.0 Å². The molecule has 0 saturated carbocycles. The van der Waals surface area contributed by atoms with Crippen LogP contribution in [0.5, 0.6) is 0 Å². The Bertz CT molecular complexity index is 960. The second kappa shape index (κ2) is 8.09. The second-order valence-electron chi connectivity index (χ2n) is 8.25. The van der Waals surface area contributed by atoms with Crippen LogP contribution in [0.25, 0.3) is 11.3 Å². The van der Waals surface area contributed by atoms with E-state index in [9.17, 15) is 4.39 Å². The highest BCUT2D eigenvalue weighted by Crippen LogP contribution is 2.31. The van der Waals surface area contributed by atoms with Crippen molar-refractivity contribution >= 4 is 0 Å². The Balaban J connectivity index is 1.24. The molecule has 4 nitrogen and oxygen atoms in total. The fourth-order valence-corrected chi connectivity index (χ4v) is 4.79. The molecule has 29 heavy (non-hydrogen) atoms. The summed E-state index contributed by atoms with van der Waals surface area (Å²) in [6.45, 7) is 5.31. The molecule has 2 aromatic carbocycles. The molecule has 0 aliphatic carbocycles. The van der Waals surface area contributed by atoms with Crippen molar-refractivity contribution in [3.8, 4) is 11.3 Å². The van der Waals surface area contributed by atoms with Crippen LogP contribution in [-0.4, -0.2) is 45.7 Å². The number of hydrogen-bond acceptors (Lipinski definition) is 3. The van der Waals surface area contributed by atoms with Crippen LogP contribution in [0.15, 0.2) is 54.6 Å². The highest BCUT2D eigenvalue weighted by Gasteiger charge is 2.29. The Morgan fingerprint density at radius 3 is 2.62 bits per heavy atom. The monoisotopic (exact) mass is 390 g/mol. The van der Waals surface area contributed by atoms with Crippen LogP contribution in [0.4, 0.5) is 4.39 Å². The molecule has 3 aromatic rings. The van der Waals surface area contributed by atoms with Crippen LogP contribution in [-0.2, 0) is 19.5 Å². The van der Waals surface area contributed by atoms with E-state index < -0.39 is 0 Å². The first-order valence-electron chi connectivity index (χ1n) is 10.6. The maximum atomic E-state index is 13.7. The summed E-state index contributed by atoms with van der Waals surface area (Å²) in [5.41, 5.74) is 5.62. The van der Waals surface area contributed by atoms with Gasteiger partial charge >= 0.3 is 0 Å². The normalized spacial score (nSPS) is 18.7. The Morgan fingerprint density at radius 2 is 1.83 bits per heavy atom. The molecule has 0 spiro atoms. The van der Waals surface area contributed by atoms with E-state index in [1.807, 2.05) is 6.07 Å². The Morgan fingerprint density at radius 1 is 1.00 bits per heavy atom. The van der Waals surface area contributed by atoms with Gasteiger partial charge in [0.25, 0.3) is 0 Å². The van der Waals surface area contributed by atoms with Crippen molar-refractivity contribution in [1.29, 1.82) is 0 Å². The number of H-pyrrole nitrogens is 1. The Labute approximate surface area is 171 Å². The molecule has 0 atom stereocenters. The van der Waals surface area contributed by atoms with Crippen molar-refractivity contribution in [3.63, 3.8) is 0 Å². The number of aromatic amines is 1. The smallest absolute Gasteiger partial charge is 0.123 e. The molecule has 1 N–H and O–H groups in total. The zero-order chi connectivity index (χ0) is 19.6. The van der Waals surface area contributed by atoms with Gasteiger partial charge in [0, 0.05) is 48.9 Å². The average Bonchev–Trinajstić information content (AvgIpc) is 3.18. The number of nitrogens with one attached hydrogen (secondary N) is 1. The van der Waals surface area contributed by atoms with E-state index in [0.29, 0.717) is 6.04 Å². The maximum absolute atomic E-state index is 13.7. The summed E-state index contributed by atoms with van der Waals surface area (Å²) in [6, 6.07) is 18.1. The lowest BCUT2D eigenvalue weighted by Crippen LogP contribution is -2.46. The minimum atomic E-state index is -0.210. The van der Waals surface area contributed by atoms with Gasteiger partial charge in [-0.2, -0.15) is 5.10 Å². The van der Waals surface area contributed by atoms with Gasteiger partial charge in [-0.25, -0.2) is 4.39 Å². The predicted octanol–water partition coefficient (Wildman–Crippen LogP) is 4.24. The first kappa shape index (κ1) is 18.5. The summed E-state index contributed by atoms with van der Waals surface area (Å²) in [7, 11) is 0. The maximum Gasteiger partial charge on any atom is 0.123 e. The topological polar surface area (TPSA) is 35.2 Å². The fraction of sp³-hybridized carbons (Fsp3) is 0.375. The number of rotatable bonds is 4. The largest absolute Gasteiger partial charge is 0.299 e. The van der Waals surface area contributed by atoms with E-state index >= 15 is 0 Å². The third kappa shape index (κ3) is 3.98. The molecule has 2 aliphatic rings. The molecule has 0 bridgehead atoms. The van der Waals surface area contributed by atoms with E-state index in [0.717, 1.165) is 50.4 Å². The van der Waals surface area contributed by atoms with Gasteiger partial charge in [0.15, 0.2) is 0 Å². The summed E-state index contributed by atoms with van der Waals surface area (Å²) in [5.74, 6) is -0.210. The van der Waals surface area contributed by atoms with Crippen molar-refractivity contribution in [2.75, 3.05) is 19.6 Å². The molecule has 1 aromatic heterocycles. The van der Waals surface area contributed by atoms with Gasteiger partial charge in [-0.3, -0.25) is 14.9 Å². The second-order valence-corrected chi connectivity index (χ2v) is 8.25. The molecule has 0 unspecified atom stereocenters. The lowest BCUT2D eigenvalue weighted by atomic mass is 9.96. The zero-order valence-corrected chi connectivity index (χ0v) is 16.6. The molecule has 2 aliphatic heterocycles. The van der Waals surface area contributed by atoms with Crippen molar-refractivity contribution in [2.45, 2.75) is 38.4 Å². The summed E-state index contributed by atoms with van der Waals surface area (Å²) >= 11 is 0. The van der Waals surface area contributed by atoms with Crippen LogP contribution in [0.3, 0.4) is 0 Å². The Kier molecular flexibility index (Phi) is 5.17.